The largest absolute Gasteiger partial charge is 0.315 e. The Hall–Kier alpha value is -1.53. The van der Waals surface area contributed by atoms with Gasteiger partial charge < -0.3 is 4.90 Å². The Morgan fingerprint density at radius 3 is 2.59 bits per heavy atom. The smallest absolute Gasteiger partial charge is 0.239 e. The number of nitrogens with zero attached hydrogens (tertiary/aromatic N) is 2. The van der Waals surface area contributed by atoms with Gasteiger partial charge in [-0.3, -0.25) is 9.00 Å². The number of carbonyl (C=O) groups is 1. The van der Waals surface area contributed by atoms with E-state index in [0.29, 0.717) is 11.7 Å². The maximum atomic E-state index is 12.2. The molecule has 0 radical (unpaired) electrons. The first kappa shape index (κ1) is 16.8. The van der Waals surface area contributed by atoms with Gasteiger partial charge in [-0.25, -0.2) is 4.98 Å². The first-order valence-corrected chi connectivity index (χ1v) is 9.45. The molecule has 1 atom stereocenters. The highest BCUT2D eigenvalue weighted by molar-refractivity contribution is 7.84. The molecule has 22 heavy (non-hydrogen) atoms. The van der Waals surface area contributed by atoms with E-state index in [1.165, 1.54) is 0 Å². The summed E-state index contributed by atoms with van der Waals surface area (Å²) in [4.78, 5) is 18.2. The number of anilines is 1. The van der Waals surface area contributed by atoms with Gasteiger partial charge in [-0.05, 0) is 12.1 Å². The van der Waals surface area contributed by atoms with E-state index in [4.69, 9.17) is 0 Å². The van der Waals surface area contributed by atoms with Gasteiger partial charge in [-0.1, -0.05) is 32.0 Å². The quantitative estimate of drug-likeness (QED) is 0.814. The third-order valence-corrected chi connectivity index (χ3v) is 5.56. The van der Waals surface area contributed by atoms with Crippen LogP contribution in [0.2, 0.25) is 0 Å². The first-order valence-electron chi connectivity index (χ1n) is 7.08. The molecule has 0 aliphatic rings. The fourth-order valence-electron chi connectivity index (χ4n) is 1.90. The zero-order valence-electron chi connectivity index (χ0n) is 13.0. The van der Waals surface area contributed by atoms with E-state index in [-0.39, 0.29) is 11.7 Å². The van der Waals surface area contributed by atoms with Crippen molar-refractivity contribution in [3.63, 3.8) is 0 Å². The number of amides is 1. The zero-order chi connectivity index (χ0) is 16.1. The van der Waals surface area contributed by atoms with Gasteiger partial charge in [0.1, 0.15) is 5.75 Å². The predicted molar refractivity (Wildman–Crippen MR) is 92.8 cm³/mol. The summed E-state index contributed by atoms with van der Waals surface area (Å²) in [5, 5.41) is 2.97. The van der Waals surface area contributed by atoms with Crippen molar-refractivity contribution in [2.24, 2.45) is 0 Å². The number of thiazole rings is 1. The lowest BCUT2D eigenvalue weighted by atomic mass is 10.2. The summed E-state index contributed by atoms with van der Waals surface area (Å²) in [6, 6.07) is 9.36. The SMILES string of the molecule is CC(C)c1nc(C[S@](=O)CC(=O)N(C)c2ccccc2)cs1. The maximum absolute atomic E-state index is 12.2. The number of hydrogen-bond acceptors (Lipinski definition) is 4. The third-order valence-electron chi connectivity index (χ3n) is 3.17. The van der Waals surface area contributed by atoms with Gasteiger partial charge in [0.15, 0.2) is 0 Å². The second-order valence-corrected chi connectivity index (χ2v) is 7.70. The van der Waals surface area contributed by atoms with Gasteiger partial charge >= 0.3 is 0 Å². The molecule has 0 aliphatic carbocycles. The van der Waals surface area contributed by atoms with Gasteiger partial charge in [-0.15, -0.1) is 11.3 Å². The Morgan fingerprint density at radius 2 is 2.00 bits per heavy atom. The van der Waals surface area contributed by atoms with Crippen LogP contribution in [0.1, 0.15) is 30.5 Å². The van der Waals surface area contributed by atoms with Crippen molar-refractivity contribution in [2.45, 2.75) is 25.5 Å². The highest BCUT2D eigenvalue weighted by atomic mass is 32.2. The standard InChI is InChI=1S/C16H20N2O2S2/c1-12(2)16-17-13(9-21-16)10-22(20)11-15(19)18(3)14-7-5-4-6-8-14/h4-9,12H,10-11H2,1-3H3/t22-/m0/s1. The monoisotopic (exact) mass is 336 g/mol. The van der Waals surface area contributed by atoms with Crippen molar-refractivity contribution in [1.29, 1.82) is 0 Å². The van der Waals surface area contributed by atoms with Gasteiger partial charge in [0.2, 0.25) is 5.91 Å². The predicted octanol–water partition coefficient (Wildman–Crippen LogP) is 3.18. The number of hydrogen-bond donors (Lipinski definition) is 0. The molecule has 0 aliphatic heterocycles. The average Bonchev–Trinajstić information content (AvgIpc) is 2.95. The molecule has 0 spiro atoms. The summed E-state index contributed by atoms with van der Waals surface area (Å²) < 4.78 is 12.2. The summed E-state index contributed by atoms with van der Waals surface area (Å²) >= 11 is 1.58. The van der Waals surface area contributed by atoms with Crippen molar-refractivity contribution in [1.82, 2.24) is 4.98 Å². The Balaban J connectivity index is 1.92. The van der Waals surface area contributed by atoms with Crippen LogP contribution >= 0.6 is 11.3 Å². The van der Waals surface area contributed by atoms with Gasteiger partial charge in [0, 0.05) is 34.8 Å². The van der Waals surface area contributed by atoms with E-state index in [1.54, 1.807) is 23.3 Å². The number of aromatic nitrogens is 1. The molecular formula is C16H20N2O2S2. The number of benzene rings is 1. The van der Waals surface area contributed by atoms with E-state index >= 15 is 0 Å². The second kappa shape index (κ2) is 7.65. The van der Waals surface area contributed by atoms with Gasteiger partial charge in [-0.2, -0.15) is 0 Å². The minimum absolute atomic E-state index is 0.0138. The molecule has 1 aromatic heterocycles. The molecule has 0 saturated carbocycles. The molecular weight excluding hydrogens is 316 g/mol. The molecule has 6 heteroatoms. The van der Waals surface area contributed by atoms with Crippen molar-refractivity contribution >= 4 is 33.7 Å². The average molecular weight is 336 g/mol. The van der Waals surface area contributed by atoms with Crippen molar-refractivity contribution < 1.29 is 9.00 Å². The highest BCUT2D eigenvalue weighted by Crippen LogP contribution is 2.20. The summed E-state index contributed by atoms with van der Waals surface area (Å²) in [6.07, 6.45) is 0. The van der Waals surface area contributed by atoms with Crippen LogP contribution in [0, 0.1) is 0 Å². The summed E-state index contributed by atoms with van der Waals surface area (Å²) in [5.74, 6) is 0.569. The summed E-state index contributed by atoms with van der Waals surface area (Å²) in [5.41, 5.74) is 1.61. The Bertz CT molecular complexity index is 653. The minimum Gasteiger partial charge on any atom is -0.315 e. The third kappa shape index (κ3) is 4.48. The topological polar surface area (TPSA) is 50.3 Å². The van der Waals surface area contributed by atoms with E-state index in [9.17, 15) is 9.00 Å². The number of carbonyl (C=O) groups excluding carboxylic acids is 1. The Morgan fingerprint density at radius 1 is 1.32 bits per heavy atom. The van der Waals surface area contributed by atoms with Crippen LogP contribution in [0.5, 0.6) is 0 Å². The van der Waals surface area contributed by atoms with Gasteiger partial charge in [0.25, 0.3) is 0 Å². The summed E-state index contributed by atoms with van der Waals surface area (Å²) in [6.45, 7) is 4.16. The van der Waals surface area contributed by atoms with E-state index in [2.05, 4.69) is 18.8 Å². The number of para-hydroxylation sites is 1. The van der Waals surface area contributed by atoms with E-state index in [1.807, 2.05) is 35.7 Å². The van der Waals surface area contributed by atoms with Gasteiger partial charge in [0.05, 0.1) is 16.5 Å². The number of rotatable bonds is 6. The fraction of sp³-hybridized carbons (Fsp3) is 0.375. The van der Waals surface area contributed by atoms with E-state index < -0.39 is 10.8 Å². The van der Waals surface area contributed by atoms with Crippen molar-refractivity contribution in [2.75, 3.05) is 17.7 Å². The molecule has 0 fully saturated rings. The van der Waals surface area contributed by atoms with Crippen LogP contribution in [0.4, 0.5) is 5.69 Å². The molecule has 1 aromatic carbocycles. The second-order valence-electron chi connectivity index (χ2n) is 5.35. The molecule has 2 rings (SSSR count). The zero-order valence-corrected chi connectivity index (χ0v) is 14.6. The van der Waals surface area contributed by atoms with E-state index in [0.717, 1.165) is 16.4 Å². The van der Waals surface area contributed by atoms with Crippen LogP contribution in [0.3, 0.4) is 0 Å². The van der Waals surface area contributed by atoms with Crippen LogP contribution in [0.15, 0.2) is 35.7 Å². The lowest BCUT2D eigenvalue weighted by Crippen LogP contribution is -2.31. The highest BCUT2D eigenvalue weighted by Gasteiger charge is 2.16. The molecule has 0 N–H and O–H groups in total. The molecule has 1 amide bonds. The Labute approximate surface area is 137 Å². The van der Waals surface area contributed by atoms with Crippen molar-refractivity contribution in [3.05, 3.63) is 46.4 Å². The van der Waals surface area contributed by atoms with Crippen LogP contribution < -0.4 is 4.90 Å². The lowest BCUT2D eigenvalue weighted by Gasteiger charge is -2.16. The molecule has 2 aromatic rings. The minimum atomic E-state index is -1.24. The molecule has 0 saturated heterocycles. The molecule has 118 valence electrons. The molecule has 1 heterocycles. The van der Waals surface area contributed by atoms with Crippen molar-refractivity contribution in [3.8, 4) is 0 Å². The Kier molecular flexibility index (Phi) is 5.85. The lowest BCUT2D eigenvalue weighted by molar-refractivity contribution is -0.115. The fourth-order valence-corrected chi connectivity index (χ4v) is 3.89. The molecule has 0 unspecified atom stereocenters. The first-order chi connectivity index (χ1) is 10.5. The maximum Gasteiger partial charge on any atom is 0.239 e. The normalized spacial score (nSPS) is 12.4. The van der Waals surface area contributed by atoms with Crippen LogP contribution in [0.25, 0.3) is 0 Å². The summed E-state index contributed by atoms with van der Waals surface area (Å²) in [7, 11) is 0.461. The van der Waals surface area contributed by atoms with Crippen LogP contribution in [-0.4, -0.2) is 27.9 Å². The van der Waals surface area contributed by atoms with Crippen LogP contribution in [-0.2, 0) is 21.3 Å². The molecule has 4 nitrogen and oxygen atoms in total. The molecule has 0 bridgehead atoms.